The quantitative estimate of drug-likeness (QED) is 0.361. The zero-order valence-corrected chi connectivity index (χ0v) is 5.98. The Labute approximate surface area is 66.2 Å². The molecule has 4 N–H and O–H groups in total. The molecule has 0 aliphatic carbocycles. The summed E-state index contributed by atoms with van der Waals surface area (Å²) in [6, 6.07) is 3.25. The molecule has 2 aromatic heterocycles. The minimum atomic E-state index is -0.387. The van der Waals surface area contributed by atoms with Gasteiger partial charge in [-0.05, 0) is 12.1 Å². The van der Waals surface area contributed by atoms with Crippen molar-refractivity contribution in [2.24, 2.45) is 5.84 Å². The molecule has 2 rings (SSSR count). The van der Waals surface area contributed by atoms with E-state index in [9.17, 15) is 4.79 Å². The first kappa shape index (κ1) is 6.80. The first-order valence-corrected chi connectivity index (χ1v) is 3.22. The van der Waals surface area contributed by atoms with Crippen LogP contribution in [0.3, 0.4) is 0 Å². The smallest absolute Gasteiger partial charge is 0.307 e. The lowest BCUT2D eigenvalue weighted by Gasteiger charge is -1.96. The number of rotatable bonds is 1. The molecule has 0 fully saturated rings. The van der Waals surface area contributed by atoms with Crippen LogP contribution in [0.2, 0.25) is 0 Å². The van der Waals surface area contributed by atoms with E-state index < -0.39 is 0 Å². The Hall–Kier alpha value is -1.89. The van der Waals surface area contributed by atoms with Crippen LogP contribution < -0.4 is 17.0 Å². The Balaban J connectivity index is 2.80. The first-order valence-electron chi connectivity index (χ1n) is 3.22. The van der Waals surface area contributed by atoms with Gasteiger partial charge in [0.2, 0.25) is 0 Å². The maximum atomic E-state index is 11.0. The van der Waals surface area contributed by atoms with E-state index in [1.54, 1.807) is 12.1 Å². The monoisotopic (exact) mass is 166 g/mol. The van der Waals surface area contributed by atoms with E-state index in [4.69, 9.17) is 5.84 Å². The van der Waals surface area contributed by atoms with E-state index >= 15 is 0 Å². The molecular formula is C5H6N6O. The number of hydrazine groups is 1. The Bertz CT molecular complexity index is 456. The number of hydrogen-bond acceptors (Lipinski definition) is 5. The van der Waals surface area contributed by atoms with Gasteiger partial charge in [0, 0.05) is 0 Å². The highest BCUT2D eigenvalue weighted by Crippen LogP contribution is 1.99. The summed E-state index contributed by atoms with van der Waals surface area (Å²) in [5.74, 6) is 5.51. The standard InChI is InChI=1S/C5H6N6O/c6-7-3-1-2-4-8-9-5(12)11(4)10-3/h1-2H,6H2,(H,7,10)(H,9,12). The van der Waals surface area contributed by atoms with Crippen molar-refractivity contribution in [1.82, 2.24) is 19.8 Å². The van der Waals surface area contributed by atoms with Gasteiger partial charge in [0.1, 0.15) is 0 Å². The minimum Gasteiger partial charge on any atom is -0.307 e. The molecule has 7 heteroatoms. The van der Waals surface area contributed by atoms with Crippen molar-refractivity contribution >= 4 is 11.5 Å². The average Bonchev–Trinajstić information content (AvgIpc) is 2.47. The molecule has 0 atom stereocenters. The number of nitrogens with two attached hydrogens (primary N) is 1. The van der Waals surface area contributed by atoms with Gasteiger partial charge in [0.25, 0.3) is 0 Å². The number of aromatic amines is 1. The van der Waals surface area contributed by atoms with Crippen LogP contribution in [-0.2, 0) is 0 Å². The molecule has 62 valence electrons. The molecule has 2 aromatic rings. The normalized spacial score (nSPS) is 10.4. The predicted molar refractivity (Wildman–Crippen MR) is 41.4 cm³/mol. The summed E-state index contributed by atoms with van der Waals surface area (Å²) in [5.41, 5.74) is 2.39. The third kappa shape index (κ3) is 0.839. The van der Waals surface area contributed by atoms with Gasteiger partial charge in [-0.1, -0.05) is 0 Å². The second kappa shape index (κ2) is 2.31. The zero-order valence-electron chi connectivity index (χ0n) is 5.98. The number of aromatic nitrogens is 4. The predicted octanol–water partition coefficient (Wildman–Crippen LogP) is -1.30. The SMILES string of the molecule is NNc1ccc2n[nH]c(=O)n2n1. The van der Waals surface area contributed by atoms with Gasteiger partial charge in [-0.3, -0.25) is 0 Å². The Morgan fingerprint density at radius 1 is 1.58 bits per heavy atom. The molecule has 0 radical (unpaired) electrons. The van der Waals surface area contributed by atoms with Crippen molar-refractivity contribution in [1.29, 1.82) is 0 Å². The lowest BCUT2D eigenvalue weighted by atomic mass is 10.5. The van der Waals surface area contributed by atoms with E-state index in [1.165, 1.54) is 0 Å². The van der Waals surface area contributed by atoms with Gasteiger partial charge in [0.05, 0.1) is 0 Å². The van der Waals surface area contributed by atoms with Crippen molar-refractivity contribution < 1.29 is 0 Å². The van der Waals surface area contributed by atoms with E-state index in [1.807, 2.05) is 0 Å². The maximum Gasteiger partial charge on any atom is 0.364 e. The summed E-state index contributed by atoms with van der Waals surface area (Å²) in [6.07, 6.45) is 0. The number of nitrogens with one attached hydrogen (secondary N) is 2. The molecule has 0 bridgehead atoms. The van der Waals surface area contributed by atoms with Crippen LogP contribution in [0.1, 0.15) is 0 Å². The molecule has 0 aromatic carbocycles. The number of nitrogen functional groups attached to an aromatic ring is 1. The van der Waals surface area contributed by atoms with Crippen molar-refractivity contribution in [3.8, 4) is 0 Å². The van der Waals surface area contributed by atoms with Gasteiger partial charge in [-0.2, -0.15) is 9.61 Å². The largest absolute Gasteiger partial charge is 0.364 e. The molecule has 0 saturated carbocycles. The Morgan fingerprint density at radius 3 is 3.17 bits per heavy atom. The first-order chi connectivity index (χ1) is 5.81. The number of nitrogens with zero attached hydrogens (tertiary/aromatic N) is 3. The van der Waals surface area contributed by atoms with Crippen molar-refractivity contribution in [3.63, 3.8) is 0 Å². The molecule has 0 unspecified atom stereocenters. The van der Waals surface area contributed by atoms with Crippen molar-refractivity contribution in [2.45, 2.75) is 0 Å². The number of H-pyrrole nitrogens is 1. The summed E-state index contributed by atoms with van der Waals surface area (Å²) in [6.45, 7) is 0. The molecule has 0 amide bonds. The molecule has 12 heavy (non-hydrogen) atoms. The van der Waals surface area contributed by atoms with E-state index in [2.05, 4.69) is 20.7 Å². The van der Waals surface area contributed by atoms with Crippen LogP contribution in [0.5, 0.6) is 0 Å². The molecule has 2 heterocycles. The van der Waals surface area contributed by atoms with Crippen LogP contribution in [0, 0.1) is 0 Å². The van der Waals surface area contributed by atoms with Gasteiger partial charge >= 0.3 is 5.69 Å². The molecule has 0 spiro atoms. The van der Waals surface area contributed by atoms with Crippen molar-refractivity contribution in [3.05, 3.63) is 22.6 Å². The van der Waals surface area contributed by atoms with Gasteiger partial charge in [0.15, 0.2) is 11.5 Å². The fraction of sp³-hybridized carbons (Fsp3) is 0. The summed E-state index contributed by atoms with van der Waals surface area (Å²) >= 11 is 0. The summed E-state index contributed by atoms with van der Waals surface area (Å²) < 4.78 is 1.12. The Kier molecular flexibility index (Phi) is 1.31. The van der Waals surface area contributed by atoms with Gasteiger partial charge in [-0.25, -0.2) is 15.7 Å². The highest BCUT2D eigenvalue weighted by molar-refractivity contribution is 5.41. The lowest BCUT2D eigenvalue weighted by molar-refractivity contribution is 0.879. The average molecular weight is 166 g/mol. The van der Waals surface area contributed by atoms with E-state index in [0.29, 0.717) is 11.5 Å². The van der Waals surface area contributed by atoms with Crippen LogP contribution in [0.4, 0.5) is 5.82 Å². The van der Waals surface area contributed by atoms with Gasteiger partial charge in [-0.15, -0.1) is 5.10 Å². The van der Waals surface area contributed by atoms with Crippen molar-refractivity contribution in [2.75, 3.05) is 5.43 Å². The number of fused-ring (bicyclic) bond motifs is 1. The van der Waals surface area contributed by atoms with Crippen LogP contribution in [0.25, 0.3) is 5.65 Å². The van der Waals surface area contributed by atoms with Crippen LogP contribution in [-0.4, -0.2) is 19.8 Å². The maximum absolute atomic E-state index is 11.0. The topological polar surface area (TPSA) is 101 Å². The highest BCUT2D eigenvalue weighted by Gasteiger charge is 2.00. The third-order valence-electron chi connectivity index (χ3n) is 1.42. The molecule has 0 saturated heterocycles. The molecule has 7 nitrogen and oxygen atoms in total. The van der Waals surface area contributed by atoms with Crippen LogP contribution in [0.15, 0.2) is 16.9 Å². The third-order valence-corrected chi connectivity index (χ3v) is 1.42. The summed E-state index contributed by atoms with van der Waals surface area (Å²) in [7, 11) is 0. The molecule has 0 aliphatic heterocycles. The fourth-order valence-corrected chi connectivity index (χ4v) is 0.880. The minimum absolute atomic E-state index is 0.387. The fourth-order valence-electron chi connectivity index (χ4n) is 0.880. The lowest BCUT2D eigenvalue weighted by Crippen LogP contribution is -2.16. The van der Waals surface area contributed by atoms with E-state index in [-0.39, 0.29) is 5.69 Å². The van der Waals surface area contributed by atoms with Crippen LogP contribution >= 0.6 is 0 Å². The van der Waals surface area contributed by atoms with E-state index in [0.717, 1.165) is 4.52 Å². The molecule has 0 aliphatic rings. The molecular weight excluding hydrogens is 160 g/mol. The highest BCUT2D eigenvalue weighted by atomic mass is 16.2. The second-order valence-corrected chi connectivity index (χ2v) is 2.16. The number of anilines is 1. The number of hydrogen-bond donors (Lipinski definition) is 3. The second-order valence-electron chi connectivity index (χ2n) is 2.16. The Morgan fingerprint density at radius 2 is 2.42 bits per heavy atom. The summed E-state index contributed by atoms with van der Waals surface area (Å²) in [5, 5.41) is 9.77. The van der Waals surface area contributed by atoms with Gasteiger partial charge < -0.3 is 5.43 Å². The zero-order chi connectivity index (χ0) is 8.55. The summed E-state index contributed by atoms with van der Waals surface area (Å²) in [4.78, 5) is 11.0.